The Morgan fingerprint density at radius 2 is 1.93 bits per heavy atom. The zero-order chi connectivity index (χ0) is 20.6. The molecule has 0 aliphatic rings. The average Bonchev–Trinajstić information content (AvgIpc) is 2.73. The van der Waals surface area contributed by atoms with Crippen molar-refractivity contribution >= 4 is 16.7 Å². The van der Waals surface area contributed by atoms with E-state index in [1.54, 1.807) is 18.3 Å². The average molecular weight is 394 g/mol. The summed E-state index contributed by atoms with van der Waals surface area (Å²) in [4.78, 5) is 20.1. The summed E-state index contributed by atoms with van der Waals surface area (Å²) in [5.74, 6) is 1.76. The van der Waals surface area contributed by atoms with Crippen LogP contribution in [0.3, 0.4) is 0 Å². The van der Waals surface area contributed by atoms with Crippen LogP contribution >= 0.6 is 0 Å². The zero-order valence-corrected chi connectivity index (χ0v) is 17.1. The monoisotopic (exact) mass is 394 g/mol. The number of para-hydroxylation sites is 1. The van der Waals surface area contributed by atoms with Gasteiger partial charge in [0.05, 0.1) is 17.8 Å². The summed E-state index contributed by atoms with van der Waals surface area (Å²) >= 11 is 0. The highest BCUT2D eigenvalue weighted by atomic mass is 16.5. The van der Waals surface area contributed by atoms with Gasteiger partial charge in [0.2, 0.25) is 5.88 Å². The second-order valence-corrected chi connectivity index (χ2v) is 6.84. The predicted octanol–water partition coefficient (Wildman–Crippen LogP) is 4.66. The highest BCUT2D eigenvalue weighted by Gasteiger charge is 2.14. The van der Waals surface area contributed by atoms with Crippen molar-refractivity contribution < 1.29 is 19.0 Å². The maximum atomic E-state index is 11.1. The van der Waals surface area contributed by atoms with Crippen LogP contribution in [0.15, 0.2) is 42.6 Å². The lowest BCUT2D eigenvalue weighted by Crippen LogP contribution is -2.08. The van der Waals surface area contributed by atoms with E-state index in [0.717, 1.165) is 40.8 Å². The van der Waals surface area contributed by atoms with Crippen molar-refractivity contribution in [3.63, 3.8) is 0 Å². The highest BCUT2D eigenvalue weighted by Crippen LogP contribution is 2.31. The predicted molar refractivity (Wildman–Crippen MR) is 112 cm³/mol. The summed E-state index contributed by atoms with van der Waals surface area (Å²) in [6.07, 6.45) is 3.66. The van der Waals surface area contributed by atoms with Gasteiger partial charge in [-0.25, -0.2) is 9.97 Å². The van der Waals surface area contributed by atoms with Crippen molar-refractivity contribution in [3.05, 3.63) is 53.9 Å². The van der Waals surface area contributed by atoms with E-state index in [0.29, 0.717) is 18.2 Å². The van der Waals surface area contributed by atoms with Crippen LogP contribution in [0.25, 0.3) is 10.9 Å². The Morgan fingerprint density at radius 3 is 2.72 bits per heavy atom. The maximum Gasteiger partial charge on any atom is 0.217 e. The van der Waals surface area contributed by atoms with E-state index in [1.165, 1.54) is 6.92 Å². The summed E-state index contributed by atoms with van der Waals surface area (Å²) < 4.78 is 17.4. The molecule has 6 nitrogen and oxygen atoms in total. The lowest BCUT2D eigenvalue weighted by atomic mass is 10.1. The number of Topliss-reactive ketones (excluding diaryl/α,β-unsaturated/α-hetero) is 1. The molecule has 0 N–H and O–H groups in total. The van der Waals surface area contributed by atoms with Gasteiger partial charge in [-0.15, -0.1) is 0 Å². The van der Waals surface area contributed by atoms with Gasteiger partial charge in [-0.2, -0.15) is 0 Å². The molecule has 3 rings (SSSR count). The second-order valence-electron chi connectivity index (χ2n) is 6.84. The van der Waals surface area contributed by atoms with Gasteiger partial charge in [-0.1, -0.05) is 25.5 Å². The van der Waals surface area contributed by atoms with Crippen LogP contribution in [-0.4, -0.2) is 29.0 Å². The molecule has 0 aliphatic carbocycles. The molecule has 0 amide bonds. The topological polar surface area (TPSA) is 70.5 Å². The van der Waals surface area contributed by atoms with E-state index in [-0.39, 0.29) is 19.0 Å². The van der Waals surface area contributed by atoms with E-state index in [1.807, 2.05) is 31.2 Å². The number of ether oxygens (including phenoxy) is 3. The van der Waals surface area contributed by atoms with E-state index < -0.39 is 0 Å². The molecule has 0 atom stereocenters. The van der Waals surface area contributed by atoms with Crippen molar-refractivity contribution in [2.45, 2.75) is 40.2 Å². The molecule has 3 aromatic rings. The summed E-state index contributed by atoms with van der Waals surface area (Å²) in [5.41, 5.74) is 2.63. The molecule has 0 unspecified atom stereocenters. The Bertz CT molecular complexity index is 988. The van der Waals surface area contributed by atoms with E-state index in [4.69, 9.17) is 19.2 Å². The van der Waals surface area contributed by atoms with Gasteiger partial charge < -0.3 is 14.2 Å². The normalized spacial score (nSPS) is 10.7. The molecule has 0 bridgehead atoms. The molecule has 0 saturated carbocycles. The fourth-order valence-electron chi connectivity index (χ4n) is 2.86. The number of unbranched alkanes of at least 4 members (excludes halogenated alkanes) is 1. The number of carbonyl (C=O) groups is 1. The maximum absolute atomic E-state index is 11.1. The minimum Gasteiger partial charge on any atom is -0.493 e. The van der Waals surface area contributed by atoms with Crippen molar-refractivity contribution in [1.29, 1.82) is 0 Å². The van der Waals surface area contributed by atoms with E-state index >= 15 is 0 Å². The van der Waals surface area contributed by atoms with Crippen molar-refractivity contribution in [1.82, 2.24) is 9.97 Å². The van der Waals surface area contributed by atoms with Gasteiger partial charge in [0, 0.05) is 23.2 Å². The molecule has 0 radical (unpaired) electrons. The van der Waals surface area contributed by atoms with Gasteiger partial charge in [-0.05, 0) is 38.5 Å². The Hall–Kier alpha value is -3.15. The summed E-state index contributed by atoms with van der Waals surface area (Å²) in [5, 5.41) is 1.00. The number of rotatable bonds is 10. The number of aromatic nitrogens is 2. The molecule has 0 spiro atoms. The molecule has 152 valence electrons. The minimum absolute atomic E-state index is 0.0211. The van der Waals surface area contributed by atoms with Crippen molar-refractivity contribution in [2.24, 2.45) is 0 Å². The summed E-state index contributed by atoms with van der Waals surface area (Å²) in [6.45, 7) is 6.56. The van der Waals surface area contributed by atoms with Gasteiger partial charge in [-0.3, -0.25) is 4.79 Å². The smallest absolute Gasteiger partial charge is 0.217 e. The molecule has 6 heteroatoms. The molecule has 0 fully saturated rings. The van der Waals surface area contributed by atoms with Crippen molar-refractivity contribution in [2.75, 3.05) is 13.2 Å². The van der Waals surface area contributed by atoms with Gasteiger partial charge >= 0.3 is 0 Å². The van der Waals surface area contributed by atoms with Crippen LogP contribution < -0.4 is 14.2 Å². The fraction of sp³-hybridized carbons (Fsp3) is 0.348. The Balaban J connectivity index is 1.80. The molecule has 0 saturated heterocycles. The first-order valence-corrected chi connectivity index (χ1v) is 9.80. The molecule has 2 heterocycles. The second kappa shape index (κ2) is 9.87. The lowest BCUT2D eigenvalue weighted by Gasteiger charge is -2.16. The van der Waals surface area contributed by atoms with Crippen LogP contribution in [0.5, 0.6) is 17.4 Å². The molecule has 0 aliphatic heterocycles. The number of carbonyl (C=O) groups excluding carboxylic acids is 1. The Morgan fingerprint density at radius 1 is 1.10 bits per heavy atom. The van der Waals surface area contributed by atoms with Crippen LogP contribution in [-0.2, 0) is 11.4 Å². The quantitative estimate of drug-likeness (QED) is 0.466. The highest BCUT2D eigenvalue weighted by molar-refractivity contribution is 5.86. The summed E-state index contributed by atoms with van der Waals surface area (Å²) in [7, 11) is 0. The van der Waals surface area contributed by atoms with Crippen LogP contribution in [0, 0.1) is 6.92 Å². The molecule has 1 aromatic carbocycles. The number of nitrogens with zero attached hydrogens (tertiary/aromatic N) is 2. The SMILES string of the molecule is CCCCOc1c(C)c(COc2cc(OCC(C)=O)ccn2)nc2ccccc12. The third-order valence-corrected chi connectivity index (χ3v) is 4.43. The van der Waals surface area contributed by atoms with Gasteiger partial charge in [0.25, 0.3) is 0 Å². The number of ketones is 1. The number of hydrogen-bond acceptors (Lipinski definition) is 6. The molecular weight excluding hydrogens is 368 g/mol. The van der Waals surface area contributed by atoms with Gasteiger partial charge in [0.1, 0.15) is 24.7 Å². The van der Waals surface area contributed by atoms with Gasteiger partial charge in [0.15, 0.2) is 5.78 Å². The third-order valence-electron chi connectivity index (χ3n) is 4.43. The first-order valence-electron chi connectivity index (χ1n) is 9.80. The van der Waals surface area contributed by atoms with Crippen LogP contribution in [0.1, 0.15) is 37.9 Å². The Labute approximate surface area is 170 Å². The van der Waals surface area contributed by atoms with E-state index in [9.17, 15) is 4.79 Å². The number of hydrogen-bond donors (Lipinski definition) is 0. The molecule has 29 heavy (non-hydrogen) atoms. The van der Waals surface area contributed by atoms with Crippen LogP contribution in [0.2, 0.25) is 0 Å². The first-order chi connectivity index (χ1) is 14.1. The van der Waals surface area contributed by atoms with Crippen LogP contribution in [0.4, 0.5) is 0 Å². The largest absolute Gasteiger partial charge is 0.493 e. The van der Waals surface area contributed by atoms with E-state index in [2.05, 4.69) is 11.9 Å². The Kier molecular flexibility index (Phi) is 7.00. The number of benzene rings is 1. The third kappa shape index (κ3) is 5.44. The standard InChI is InChI=1S/C23H26N2O4/c1-4-5-12-27-23-17(3)21(25-20-9-7-6-8-19(20)23)15-29-22-13-18(10-11-24-22)28-14-16(2)26/h6-11,13H,4-5,12,14-15H2,1-3H3. The molecular formula is C23H26N2O4. The summed E-state index contributed by atoms with van der Waals surface area (Å²) in [6, 6.07) is 11.3. The zero-order valence-electron chi connectivity index (χ0n) is 17.1. The molecule has 2 aromatic heterocycles. The fourth-order valence-corrected chi connectivity index (χ4v) is 2.86. The van der Waals surface area contributed by atoms with Crippen molar-refractivity contribution in [3.8, 4) is 17.4 Å². The number of pyridine rings is 2. The number of fused-ring (bicyclic) bond motifs is 1. The minimum atomic E-state index is -0.0455. The lowest BCUT2D eigenvalue weighted by molar-refractivity contribution is -0.118. The first kappa shape index (κ1) is 20.6.